The molecule has 9 heteroatoms. The monoisotopic (exact) mass is 432 g/mol. The zero-order chi connectivity index (χ0) is 22.7. The van der Waals surface area contributed by atoms with Crippen molar-refractivity contribution < 1.29 is 24.5 Å². The van der Waals surface area contributed by atoms with E-state index in [9.17, 15) is 0 Å². The lowest BCUT2D eigenvalue weighted by Gasteiger charge is -2.48. The fourth-order valence-electron chi connectivity index (χ4n) is 4.26. The van der Waals surface area contributed by atoms with E-state index in [0.29, 0.717) is 0 Å². The van der Waals surface area contributed by atoms with Gasteiger partial charge in [0.25, 0.3) is 12.9 Å². The Hall–Kier alpha value is -2.91. The number of piperidine rings is 1. The Morgan fingerprint density at radius 2 is 1.94 bits per heavy atom. The van der Waals surface area contributed by atoms with E-state index in [-0.39, 0.29) is 18.5 Å². The van der Waals surface area contributed by atoms with Crippen molar-refractivity contribution in [2.24, 2.45) is 7.05 Å². The fourth-order valence-corrected chi connectivity index (χ4v) is 4.26. The molecule has 31 heavy (non-hydrogen) atoms. The summed E-state index contributed by atoms with van der Waals surface area (Å²) in [4.78, 5) is 21.8. The van der Waals surface area contributed by atoms with Gasteiger partial charge in [-0.3, -0.25) is 19.2 Å². The third-order valence-electron chi connectivity index (χ3n) is 5.40. The predicted molar refractivity (Wildman–Crippen MR) is 117 cm³/mol. The van der Waals surface area contributed by atoms with E-state index in [4.69, 9.17) is 24.5 Å². The summed E-state index contributed by atoms with van der Waals surface area (Å²) in [5.74, 6) is 0. The molecule has 2 fully saturated rings. The van der Waals surface area contributed by atoms with Crippen molar-refractivity contribution >= 4 is 18.6 Å². The van der Waals surface area contributed by atoms with Crippen molar-refractivity contribution in [3.8, 4) is 0 Å². The van der Waals surface area contributed by atoms with E-state index in [1.165, 1.54) is 23.2 Å². The van der Waals surface area contributed by atoms with Crippen LogP contribution in [0.1, 0.15) is 24.0 Å². The van der Waals surface area contributed by atoms with Crippen LogP contribution in [0.4, 0.5) is 5.69 Å². The molecular formula is C22H32N4O5. The van der Waals surface area contributed by atoms with E-state index in [2.05, 4.69) is 52.3 Å². The fraction of sp³-hybridized carbons (Fsp3) is 0.500. The minimum Gasteiger partial charge on any atom is -0.483 e. The molecular weight excluding hydrogens is 400 g/mol. The van der Waals surface area contributed by atoms with Crippen LogP contribution >= 0.6 is 0 Å². The highest BCUT2D eigenvalue weighted by Crippen LogP contribution is 2.32. The molecule has 0 saturated carbocycles. The summed E-state index contributed by atoms with van der Waals surface area (Å²) >= 11 is 0. The van der Waals surface area contributed by atoms with Crippen LogP contribution in [0.2, 0.25) is 0 Å². The standard InChI is InChI=1S/C20H28N4O.2CH2O2/c1-17-5-3-6-19(11-17)24-8-4-7-20(16-24)15-23(9-10-25-20)14-18-12-21-22(2)13-18;2*2-1-3/h3,5-6,11-13H,4,7-10,14-16H2,1-2H3;2*1H,(H,2,3). The molecule has 2 aliphatic rings. The lowest BCUT2D eigenvalue weighted by Crippen LogP contribution is -2.59. The maximum absolute atomic E-state index is 8.36. The lowest BCUT2D eigenvalue weighted by atomic mass is 9.90. The Kier molecular flexibility index (Phi) is 9.48. The Morgan fingerprint density at radius 3 is 2.58 bits per heavy atom. The maximum Gasteiger partial charge on any atom is 0.290 e. The number of rotatable bonds is 3. The normalized spacial score (nSPS) is 20.8. The Morgan fingerprint density at radius 1 is 1.19 bits per heavy atom. The van der Waals surface area contributed by atoms with Gasteiger partial charge in [0.05, 0.1) is 18.4 Å². The molecule has 1 atom stereocenters. The summed E-state index contributed by atoms with van der Waals surface area (Å²) in [6.07, 6.45) is 6.43. The topological polar surface area (TPSA) is 108 Å². The molecule has 0 amide bonds. The van der Waals surface area contributed by atoms with Crippen LogP contribution in [0.3, 0.4) is 0 Å². The van der Waals surface area contributed by atoms with Crippen molar-refractivity contribution in [2.45, 2.75) is 31.9 Å². The van der Waals surface area contributed by atoms with Gasteiger partial charge in [-0.25, -0.2) is 0 Å². The first-order chi connectivity index (χ1) is 14.9. The van der Waals surface area contributed by atoms with Crippen LogP contribution in [0, 0.1) is 6.92 Å². The Labute approximate surface area is 182 Å². The molecule has 1 unspecified atom stereocenters. The number of nitrogens with zero attached hydrogens (tertiary/aromatic N) is 4. The molecule has 0 bridgehead atoms. The molecule has 2 N–H and O–H groups in total. The number of carboxylic acid groups (broad SMARTS) is 2. The van der Waals surface area contributed by atoms with E-state index < -0.39 is 0 Å². The SMILES string of the molecule is Cc1cccc(N2CCCC3(CN(Cc4cnn(C)c4)CCO3)C2)c1.O=CO.O=CO. The summed E-state index contributed by atoms with van der Waals surface area (Å²) in [6.45, 7) is 7.56. The number of ether oxygens (including phenoxy) is 1. The van der Waals surface area contributed by atoms with Crippen LogP contribution in [0.25, 0.3) is 0 Å². The van der Waals surface area contributed by atoms with Crippen molar-refractivity contribution in [1.29, 1.82) is 0 Å². The largest absolute Gasteiger partial charge is 0.483 e. The van der Waals surface area contributed by atoms with Gasteiger partial charge in [0.15, 0.2) is 0 Å². The number of anilines is 1. The third kappa shape index (κ3) is 7.37. The molecule has 9 nitrogen and oxygen atoms in total. The molecule has 2 aromatic rings. The summed E-state index contributed by atoms with van der Waals surface area (Å²) in [7, 11) is 1.98. The number of aromatic nitrogens is 2. The van der Waals surface area contributed by atoms with E-state index in [0.717, 1.165) is 45.8 Å². The number of morpholine rings is 1. The van der Waals surface area contributed by atoms with Crippen LogP contribution < -0.4 is 4.90 Å². The average Bonchev–Trinajstić information content (AvgIpc) is 3.14. The van der Waals surface area contributed by atoms with Gasteiger partial charge in [-0.15, -0.1) is 0 Å². The molecule has 0 radical (unpaired) electrons. The quantitative estimate of drug-likeness (QED) is 0.709. The van der Waals surface area contributed by atoms with Gasteiger partial charge in [0.1, 0.15) is 0 Å². The zero-order valence-corrected chi connectivity index (χ0v) is 18.2. The molecule has 2 saturated heterocycles. The van der Waals surface area contributed by atoms with Crippen LogP contribution in [0.15, 0.2) is 36.7 Å². The highest BCUT2D eigenvalue weighted by molar-refractivity contribution is 5.49. The van der Waals surface area contributed by atoms with Crippen molar-refractivity contribution in [3.05, 3.63) is 47.8 Å². The van der Waals surface area contributed by atoms with Crippen LogP contribution in [0.5, 0.6) is 0 Å². The summed E-state index contributed by atoms with van der Waals surface area (Å²) in [6, 6.07) is 8.83. The smallest absolute Gasteiger partial charge is 0.290 e. The number of benzene rings is 1. The lowest BCUT2D eigenvalue weighted by molar-refractivity contribution is -0.123. The van der Waals surface area contributed by atoms with E-state index in [1.807, 2.05) is 17.9 Å². The van der Waals surface area contributed by atoms with Crippen LogP contribution in [-0.4, -0.2) is 76.2 Å². The van der Waals surface area contributed by atoms with Gasteiger partial charge in [-0.2, -0.15) is 5.10 Å². The van der Waals surface area contributed by atoms with Gasteiger partial charge >= 0.3 is 0 Å². The first-order valence-electron chi connectivity index (χ1n) is 10.3. The minimum absolute atomic E-state index is 0.0392. The second kappa shape index (κ2) is 12.1. The highest BCUT2D eigenvalue weighted by Gasteiger charge is 2.40. The molecule has 0 aliphatic carbocycles. The third-order valence-corrected chi connectivity index (χ3v) is 5.40. The Balaban J connectivity index is 0.000000513. The number of aryl methyl sites for hydroxylation is 2. The summed E-state index contributed by atoms with van der Waals surface area (Å²) in [5.41, 5.74) is 3.89. The second-order valence-electron chi connectivity index (χ2n) is 7.84. The predicted octanol–water partition coefficient (Wildman–Crippen LogP) is 2.00. The first kappa shape index (κ1) is 24.4. The minimum atomic E-state index is -0.250. The second-order valence-corrected chi connectivity index (χ2v) is 7.84. The summed E-state index contributed by atoms with van der Waals surface area (Å²) < 4.78 is 8.24. The van der Waals surface area contributed by atoms with E-state index in [1.54, 1.807) is 0 Å². The average molecular weight is 433 g/mol. The van der Waals surface area contributed by atoms with Crippen molar-refractivity contribution in [3.63, 3.8) is 0 Å². The molecule has 170 valence electrons. The molecule has 2 aliphatic heterocycles. The maximum atomic E-state index is 8.36. The summed E-state index contributed by atoms with van der Waals surface area (Å²) in [5, 5.41) is 18.1. The van der Waals surface area contributed by atoms with Crippen molar-refractivity contribution in [2.75, 3.05) is 37.7 Å². The van der Waals surface area contributed by atoms with Gasteiger partial charge < -0.3 is 19.8 Å². The molecule has 1 spiro atoms. The molecule has 3 heterocycles. The highest BCUT2D eigenvalue weighted by atomic mass is 16.5. The number of hydrogen-bond donors (Lipinski definition) is 2. The van der Waals surface area contributed by atoms with E-state index >= 15 is 0 Å². The molecule has 1 aromatic heterocycles. The first-order valence-corrected chi connectivity index (χ1v) is 10.3. The van der Waals surface area contributed by atoms with Gasteiger partial charge in [-0.1, -0.05) is 12.1 Å². The number of hydrogen-bond acceptors (Lipinski definition) is 6. The molecule has 1 aromatic carbocycles. The Bertz CT molecular complexity index is 818. The van der Waals surface area contributed by atoms with Crippen LogP contribution in [-0.2, 0) is 27.9 Å². The molecule has 4 rings (SSSR count). The van der Waals surface area contributed by atoms with Gasteiger partial charge in [-0.05, 0) is 37.5 Å². The van der Waals surface area contributed by atoms with Gasteiger partial charge in [0, 0.05) is 57.2 Å². The van der Waals surface area contributed by atoms with Gasteiger partial charge in [0.2, 0.25) is 0 Å². The zero-order valence-electron chi connectivity index (χ0n) is 18.2. The number of carbonyl (C=O) groups is 2. The van der Waals surface area contributed by atoms with Crippen molar-refractivity contribution in [1.82, 2.24) is 14.7 Å².